The minimum absolute atomic E-state index is 0.0889. The highest BCUT2D eigenvalue weighted by molar-refractivity contribution is 6.09. The summed E-state index contributed by atoms with van der Waals surface area (Å²) in [5, 5.41) is 21.5. The zero-order valence-electron chi connectivity index (χ0n) is 16.6. The lowest BCUT2D eigenvalue weighted by Crippen LogP contribution is -2.16. The summed E-state index contributed by atoms with van der Waals surface area (Å²) >= 11 is 0. The molecule has 0 spiro atoms. The van der Waals surface area contributed by atoms with E-state index in [9.17, 15) is 18.7 Å². The summed E-state index contributed by atoms with van der Waals surface area (Å²) in [5.74, 6) is -1.95. The number of aliphatic imine (C=N–C) groups is 1. The minimum atomic E-state index is -2.86. The molecule has 1 unspecified atom stereocenters. The molecule has 0 amide bonds. The molecular formula is C22H24F2N2O4. The Labute approximate surface area is 173 Å². The first-order chi connectivity index (χ1) is 14.3. The average molecular weight is 418 g/mol. The van der Waals surface area contributed by atoms with Crippen LogP contribution in [0, 0.1) is 0 Å². The Morgan fingerprint density at radius 2 is 1.80 bits per heavy atom. The number of rotatable bonds is 10. The van der Waals surface area contributed by atoms with Crippen LogP contribution in [0.15, 0.2) is 59.6 Å². The number of allylic oxidation sites excluding steroid dienone is 2. The first-order valence-corrected chi connectivity index (χ1v) is 9.29. The molecule has 3 N–H and O–H groups in total. The molecule has 0 aliphatic carbocycles. The van der Waals surface area contributed by atoms with Crippen molar-refractivity contribution in [1.82, 2.24) is 0 Å². The molecule has 8 heteroatoms. The Morgan fingerprint density at radius 3 is 2.30 bits per heavy atom. The third-order valence-electron chi connectivity index (χ3n) is 4.33. The molecule has 0 saturated carbocycles. The number of halogens is 2. The van der Waals surface area contributed by atoms with Crippen LogP contribution >= 0.6 is 0 Å². The molecule has 2 aromatic rings. The number of hydrogen-bond donors (Lipinski definition) is 3. The molecule has 0 heterocycles. The second kappa shape index (κ2) is 11.1. The molecule has 0 aromatic heterocycles. The average Bonchev–Trinajstić information content (AvgIpc) is 2.70. The summed E-state index contributed by atoms with van der Waals surface area (Å²) in [5.41, 5.74) is 2.89. The van der Waals surface area contributed by atoms with Crippen molar-refractivity contribution in [2.24, 2.45) is 4.99 Å². The second-order valence-electron chi connectivity index (χ2n) is 6.44. The number of hydrogen-bond acceptors (Lipinski definition) is 5. The van der Waals surface area contributed by atoms with Crippen molar-refractivity contribution < 1.29 is 28.5 Å². The number of benzene rings is 2. The van der Waals surface area contributed by atoms with Gasteiger partial charge in [-0.1, -0.05) is 30.3 Å². The van der Waals surface area contributed by atoms with Crippen LogP contribution in [-0.4, -0.2) is 41.8 Å². The molecular weight excluding hydrogens is 394 g/mol. The van der Waals surface area contributed by atoms with E-state index < -0.39 is 25.1 Å². The molecule has 0 aliphatic heterocycles. The quantitative estimate of drug-likeness (QED) is 0.498. The Morgan fingerprint density at radius 1 is 1.17 bits per heavy atom. The van der Waals surface area contributed by atoms with Gasteiger partial charge < -0.3 is 20.3 Å². The SMILES string of the molecule is C/C=C(\C=N/C(C)Nc1ccc([C@H](CO)C(=O)O)cc1)c1ccc(OC(F)F)cc1. The molecule has 2 aromatic carbocycles. The van der Waals surface area contributed by atoms with E-state index in [4.69, 9.17) is 5.11 Å². The highest BCUT2D eigenvalue weighted by Gasteiger charge is 2.18. The van der Waals surface area contributed by atoms with E-state index in [-0.39, 0.29) is 11.9 Å². The van der Waals surface area contributed by atoms with Crippen LogP contribution in [0.25, 0.3) is 5.57 Å². The summed E-state index contributed by atoms with van der Waals surface area (Å²) in [7, 11) is 0. The lowest BCUT2D eigenvalue weighted by Gasteiger charge is -2.14. The monoisotopic (exact) mass is 418 g/mol. The maximum absolute atomic E-state index is 12.3. The predicted molar refractivity (Wildman–Crippen MR) is 112 cm³/mol. The van der Waals surface area contributed by atoms with E-state index in [1.54, 1.807) is 42.6 Å². The van der Waals surface area contributed by atoms with Gasteiger partial charge in [-0.2, -0.15) is 8.78 Å². The van der Waals surface area contributed by atoms with Crippen LogP contribution in [0.5, 0.6) is 5.75 Å². The van der Waals surface area contributed by atoms with E-state index in [1.165, 1.54) is 12.1 Å². The van der Waals surface area contributed by atoms with Crippen LogP contribution in [0.4, 0.5) is 14.5 Å². The van der Waals surface area contributed by atoms with Gasteiger partial charge in [0.2, 0.25) is 0 Å². The number of carbonyl (C=O) groups is 1. The number of aliphatic hydroxyl groups is 1. The summed E-state index contributed by atoms with van der Waals surface area (Å²) in [6.45, 7) is 0.370. The third kappa shape index (κ3) is 6.66. The van der Waals surface area contributed by atoms with Gasteiger partial charge in [0, 0.05) is 11.9 Å². The summed E-state index contributed by atoms with van der Waals surface area (Å²) < 4.78 is 28.8. The fraction of sp³-hybridized carbons (Fsp3) is 0.273. The molecule has 0 saturated heterocycles. The normalized spacial score (nSPS) is 14.0. The Balaban J connectivity index is 2.00. The number of nitrogens with zero attached hydrogens (tertiary/aromatic N) is 1. The van der Waals surface area contributed by atoms with Crippen molar-refractivity contribution in [3.05, 3.63) is 65.7 Å². The van der Waals surface area contributed by atoms with Gasteiger partial charge in [0.25, 0.3) is 0 Å². The summed E-state index contributed by atoms with van der Waals surface area (Å²) in [6.07, 6.45) is 3.26. The minimum Gasteiger partial charge on any atom is -0.481 e. The number of ether oxygens (including phenoxy) is 1. The molecule has 2 rings (SSSR count). The fourth-order valence-corrected chi connectivity index (χ4v) is 2.75. The van der Waals surface area contributed by atoms with E-state index in [0.29, 0.717) is 5.56 Å². The Bertz CT molecular complexity index is 881. The second-order valence-corrected chi connectivity index (χ2v) is 6.44. The largest absolute Gasteiger partial charge is 0.481 e. The van der Waals surface area contributed by atoms with Crippen molar-refractivity contribution in [1.29, 1.82) is 0 Å². The number of alkyl halides is 2. The number of carboxylic acids is 1. The standard InChI is InChI=1S/C22H24F2N2O4/c1-3-15(16-6-10-19(11-7-16)30-22(23)24)12-25-14(2)26-18-8-4-17(5-9-18)20(13-27)21(28)29/h3-12,14,20,22,26-27H,13H2,1-2H3,(H,28,29)/b15-3+,25-12-/t14?,20-/m0/s1. The van der Waals surface area contributed by atoms with Gasteiger partial charge in [-0.25, -0.2) is 0 Å². The number of anilines is 1. The molecule has 0 fully saturated rings. The molecule has 160 valence electrons. The molecule has 30 heavy (non-hydrogen) atoms. The van der Waals surface area contributed by atoms with Crippen LogP contribution in [0.3, 0.4) is 0 Å². The number of nitrogens with one attached hydrogen (secondary N) is 1. The lowest BCUT2D eigenvalue weighted by atomic mass is 10.00. The highest BCUT2D eigenvalue weighted by atomic mass is 19.3. The maximum atomic E-state index is 12.3. The first kappa shape index (κ1) is 23.0. The van der Waals surface area contributed by atoms with Crippen molar-refractivity contribution in [2.45, 2.75) is 32.5 Å². The van der Waals surface area contributed by atoms with E-state index in [1.807, 2.05) is 19.9 Å². The van der Waals surface area contributed by atoms with Gasteiger partial charge in [0.05, 0.1) is 6.61 Å². The van der Waals surface area contributed by atoms with E-state index in [0.717, 1.165) is 16.8 Å². The van der Waals surface area contributed by atoms with E-state index in [2.05, 4.69) is 15.0 Å². The zero-order chi connectivity index (χ0) is 22.1. The molecule has 6 nitrogen and oxygen atoms in total. The Hall–Kier alpha value is -3.26. The number of carboxylic acid groups (broad SMARTS) is 1. The van der Waals surface area contributed by atoms with Crippen LogP contribution in [-0.2, 0) is 4.79 Å². The van der Waals surface area contributed by atoms with Crippen LogP contribution in [0.1, 0.15) is 30.9 Å². The number of aliphatic carboxylic acids is 1. The van der Waals surface area contributed by atoms with Crippen molar-refractivity contribution in [2.75, 3.05) is 11.9 Å². The van der Waals surface area contributed by atoms with Crippen molar-refractivity contribution in [3.63, 3.8) is 0 Å². The van der Waals surface area contributed by atoms with Crippen LogP contribution in [0.2, 0.25) is 0 Å². The van der Waals surface area contributed by atoms with Gasteiger partial charge in [-0.3, -0.25) is 9.79 Å². The van der Waals surface area contributed by atoms with Crippen LogP contribution < -0.4 is 10.1 Å². The summed E-state index contributed by atoms with van der Waals surface area (Å²) in [4.78, 5) is 15.6. The van der Waals surface area contributed by atoms with E-state index >= 15 is 0 Å². The van der Waals surface area contributed by atoms with Gasteiger partial charge in [-0.05, 0) is 54.8 Å². The molecule has 0 radical (unpaired) electrons. The van der Waals surface area contributed by atoms with Gasteiger partial charge in [-0.15, -0.1) is 0 Å². The smallest absolute Gasteiger partial charge is 0.387 e. The molecule has 0 aliphatic rings. The fourth-order valence-electron chi connectivity index (χ4n) is 2.75. The Kier molecular flexibility index (Phi) is 8.49. The zero-order valence-corrected chi connectivity index (χ0v) is 16.6. The molecule has 2 atom stereocenters. The summed E-state index contributed by atoms with van der Waals surface area (Å²) in [6, 6.07) is 13.0. The van der Waals surface area contributed by atoms with Crippen molar-refractivity contribution in [3.8, 4) is 5.75 Å². The van der Waals surface area contributed by atoms with Gasteiger partial charge in [0.1, 0.15) is 17.8 Å². The number of aliphatic hydroxyl groups excluding tert-OH is 1. The maximum Gasteiger partial charge on any atom is 0.387 e. The van der Waals surface area contributed by atoms with Gasteiger partial charge >= 0.3 is 12.6 Å². The highest BCUT2D eigenvalue weighted by Crippen LogP contribution is 2.21. The lowest BCUT2D eigenvalue weighted by molar-refractivity contribution is -0.139. The third-order valence-corrected chi connectivity index (χ3v) is 4.33. The predicted octanol–water partition coefficient (Wildman–Crippen LogP) is 4.38. The van der Waals surface area contributed by atoms with Gasteiger partial charge in [0.15, 0.2) is 0 Å². The first-order valence-electron chi connectivity index (χ1n) is 9.29. The molecule has 0 bridgehead atoms. The van der Waals surface area contributed by atoms with Crippen molar-refractivity contribution >= 4 is 23.4 Å². The topological polar surface area (TPSA) is 91.2 Å².